The van der Waals surface area contributed by atoms with E-state index in [2.05, 4.69) is 0 Å². The number of carbonyl (C=O) groups excluding carboxylic acids is 2. The Morgan fingerprint density at radius 2 is 1.79 bits per heavy atom. The van der Waals surface area contributed by atoms with Crippen molar-refractivity contribution in [1.82, 2.24) is 9.80 Å². The van der Waals surface area contributed by atoms with Gasteiger partial charge in [-0.3, -0.25) is 9.59 Å². The van der Waals surface area contributed by atoms with Crippen LogP contribution in [0.2, 0.25) is 0 Å². The quantitative estimate of drug-likeness (QED) is 0.383. The molecule has 7 nitrogen and oxygen atoms in total. The molecule has 2 aliphatic rings. The molecule has 1 heterocycles. The highest BCUT2D eigenvalue weighted by molar-refractivity contribution is 6.46. The number of hydrogen-bond donors (Lipinski definition) is 1. The summed E-state index contributed by atoms with van der Waals surface area (Å²) in [5, 5.41) is 11.4. The Bertz CT molecular complexity index is 1140. The molecule has 34 heavy (non-hydrogen) atoms. The van der Waals surface area contributed by atoms with E-state index in [0.29, 0.717) is 35.7 Å². The smallest absolute Gasteiger partial charge is 0.295 e. The molecular formula is C27H32N2O5. The van der Waals surface area contributed by atoms with Crippen molar-refractivity contribution in [2.45, 2.75) is 31.7 Å². The van der Waals surface area contributed by atoms with Crippen LogP contribution in [0.4, 0.5) is 0 Å². The van der Waals surface area contributed by atoms with E-state index in [4.69, 9.17) is 9.47 Å². The van der Waals surface area contributed by atoms with Gasteiger partial charge in [0.1, 0.15) is 5.76 Å². The maximum Gasteiger partial charge on any atom is 0.295 e. The molecule has 1 amide bonds. The summed E-state index contributed by atoms with van der Waals surface area (Å²) >= 11 is 0. The van der Waals surface area contributed by atoms with Crippen LogP contribution in [0.15, 0.2) is 42.0 Å². The monoisotopic (exact) mass is 464 g/mol. The number of likely N-dealkylation sites (tertiary alicyclic amines) is 1. The van der Waals surface area contributed by atoms with Crippen LogP contribution >= 0.6 is 0 Å². The van der Waals surface area contributed by atoms with Crippen LogP contribution in [0.25, 0.3) is 5.76 Å². The molecule has 180 valence electrons. The number of rotatable bonds is 7. The normalized spacial score (nSPS) is 19.4. The van der Waals surface area contributed by atoms with Crippen LogP contribution in [-0.2, 0) is 22.4 Å². The minimum Gasteiger partial charge on any atom is -0.507 e. The fraction of sp³-hybridized carbons (Fsp3) is 0.407. The number of likely N-dealkylation sites (N-methyl/N-ethyl adjacent to an activating group) is 1. The average Bonchev–Trinajstić information content (AvgIpc) is 3.10. The van der Waals surface area contributed by atoms with Gasteiger partial charge in [-0.25, -0.2) is 0 Å². The van der Waals surface area contributed by atoms with Crippen molar-refractivity contribution in [2.24, 2.45) is 0 Å². The highest BCUT2D eigenvalue weighted by atomic mass is 16.5. The van der Waals surface area contributed by atoms with Gasteiger partial charge in [0.15, 0.2) is 11.5 Å². The summed E-state index contributed by atoms with van der Waals surface area (Å²) in [7, 11) is 6.88. The molecule has 1 N–H and O–H groups in total. The summed E-state index contributed by atoms with van der Waals surface area (Å²) in [5.74, 6) is -0.552. The number of fused-ring (bicyclic) bond motifs is 1. The van der Waals surface area contributed by atoms with Gasteiger partial charge in [0, 0.05) is 24.2 Å². The Morgan fingerprint density at radius 1 is 1.06 bits per heavy atom. The van der Waals surface area contributed by atoms with Gasteiger partial charge in [0.05, 0.1) is 25.8 Å². The van der Waals surface area contributed by atoms with Gasteiger partial charge < -0.3 is 24.4 Å². The maximum absolute atomic E-state index is 13.3. The number of methoxy groups -OCH3 is 2. The topological polar surface area (TPSA) is 79.3 Å². The van der Waals surface area contributed by atoms with Gasteiger partial charge in [-0.05, 0) is 63.0 Å². The van der Waals surface area contributed by atoms with Crippen molar-refractivity contribution >= 4 is 17.4 Å². The third-order valence-corrected chi connectivity index (χ3v) is 6.68. The number of Topliss-reactive ketones (excluding diaryl/α,β-unsaturated/α-hetero) is 1. The summed E-state index contributed by atoms with van der Waals surface area (Å²) < 4.78 is 11.1. The number of aliphatic hydroxyl groups excluding tert-OH is 1. The molecule has 2 aromatic carbocycles. The van der Waals surface area contributed by atoms with E-state index < -0.39 is 17.7 Å². The summed E-state index contributed by atoms with van der Waals surface area (Å²) in [6.07, 6.45) is 4.23. The molecule has 1 unspecified atom stereocenters. The Hall–Kier alpha value is -3.32. The maximum atomic E-state index is 13.3. The lowest BCUT2D eigenvalue weighted by Crippen LogP contribution is -2.35. The largest absolute Gasteiger partial charge is 0.507 e. The molecule has 1 saturated heterocycles. The fourth-order valence-corrected chi connectivity index (χ4v) is 4.91. The number of ether oxygens (including phenoxy) is 2. The Morgan fingerprint density at radius 3 is 2.47 bits per heavy atom. The molecular weight excluding hydrogens is 432 g/mol. The highest BCUT2D eigenvalue weighted by Gasteiger charge is 2.47. The zero-order chi connectivity index (χ0) is 24.4. The van der Waals surface area contributed by atoms with E-state index in [9.17, 15) is 14.7 Å². The molecule has 1 aliphatic carbocycles. The second kappa shape index (κ2) is 9.89. The summed E-state index contributed by atoms with van der Waals surface area (Å²) in [4.78, 5) is 29.9. The van der Waals surface area contributed by atoms with Crippen molar-refractivity contribution in [3.63, 3.8) is 0 Å². The van der Waals surface area contributed by atoms with Gasteiger partial charge in [-0.2, -0.15) is 0 Å². The minimum atomic E-state index is -0.791. The third-order valence-electron chi connectivity index (χ3n) is 6.68. The first-order valence-electron chi connectivity index (χ1n) is 11.6. The van der Waals surface area contributed by atoms with E-state index in [-0.39, 0.29) is 11.3 Å². The lowest BCUT2D eigenvalue weighted by molar-refractivity contribution is -0.140. The SMILES string of the molecule is COc1cccc(C2/C(=C(\O)c3ccc4c(c3)CCCC4)C(=O)C(=O)N2CCN(C)C)c1OC. The van der Waals surface area contributed by atoms with Crippen molar-refractivity contribution in [3.8, 4) is 11.5 Å². The predicted molar refractivity (Wildman–Crippen MR) is 130 cm³/mol. The number of nitrogens with zero attached hydrogens (tertiary/aromatic N) is 2. The van der Waals surface area contributed by atoms with Gasteiger partial charge in [-0.15, -0.1) is 0 Å². The van der Waals surface area contributed by atoms with Gasteiger partial charge in [-0.1, -0.05) is 24.3 Å². The second-order valence-electron chi connectivity index (χ2n) is 9.07. The summed E-state index contributed by atoms with van der Waals surface area (Å²) in [6.45, 7) is 0.887. The summed E-state index contributed by atoms with van der Waals surface area (Å²) in [6, 6.07) is 10.4. The highest BCUT2D eigenvalue weighted by Crippen LogP contribution is 2.45. The zero-order valence-electron chi connectivity index (χ0n) is 20.3. The second-order valence-corrected chi connectivity index (χ2v) is 9.07. The van der Waals surface area contributed by atoms with Crippen molar-refractivity contribution in [1.29, 1.82) is 0 Å². The third kappa shape index (κ3) is 4.28. The van der Waals surface area contributed by atoms with Crippen molar-refractivity contribution in [2.75, 3.05) is 41.4 Å². The Labute approximate surface area is 200 Å². The van der Waals surface area contributed by atoms with Gasteiger partial charge in [0.2, 0.25) is 0 Å². The molecule has 0 bridgehead atoms. The van der Waals surface area contributed by atoms with E-state index in [1.807, 2.05) is 37.2 Å². The molecule has 0 spiro atoms. The molecule has 1 atom stereocenters. The molecule has 0 saturated carbocycles. The van der Waals surface area contributed by atoms with E-state index in [1.54, 1.807) is 18.2 Å². The molecule has 4 rings (SSSR count). The number of para-hydroxylation sites is 1. The fourth-order valence-electron chi connectivity index (χ4n) is 4.91. The Balaban J connectivity index is 1.89. The standard InChI is InChI=1S/C27H32N2O5/c1-28(2)14-15-29-23(20-10-7-11-21(33-3)26(20)34-4)22(25(31)27(29)32)24(30)19-13-12-17-8-5-6-9-18(17)16-19/h7,10-13,16,23,30H,5-6,8-9,14-15H2,1-4H3/b24-22+. The first-order chi connectivity index (χ1) is 16.4. The zero-order valence-corrected chi connectivity index (χ0v) is 20.3. The predicted octanol–water partition coefficient (Wildman–Crippen LogP) is 3.57. The number of carbonyl (C=O) groups is 2. The Kier molecular flexibility index (Phi) is 6.93. The van der Waals surface area contributed by atoms with Crippen molar-refractivity contribution in [3.05, 3.63) is 64.2 Å². The number of hydrogen-bond acceptors (Lipinski definition) is 6. The molecule has 2 aromatic rings. The number of amides is 1. The molecule has 7 heteroatoms. The molecule has 0 radical (unpaired) electrons. The van der Waals surface area contributed by atoms with Crippen LogP contribution < -0.4 is 9.47 Å². The number of ketones is 1. The van der Waals surface area contributed by atoms with Gasteiger partial charge in [0.25, 0.3) is 11.7 Å². The van der Waals surface area contributed by atoms with Crippen molar-refractivity contribution < 1.29 is 24.2 Å². The van der Waals surface area contributed by atoms with E-state index in [1.165, 1.54) is 30.2 Å². The van der Waals surface area contributed by atoms with Crippen LogP contribution in [-0.4, -0.2) is 68.0 Å². The number of aryl methyl sites for hydroxylation is 2. The van der Waals surface area contributed by atoms with Crippen LogP contribution in [0.3, 0.4) is 0 Å². The lowest BCUT2D eigenvalue weighted by atomic mass is 9.88. The van der Waals surface area contributed by atoms with Crippen LogP contribution in [0, 0.1) is 0 Å². The van der Waals surface area contributed by atoms with E-state index >= 15 is 0 Å². The summed E-state index contributed by atoms with van der Waals surface area (Å²) in [5.41, 5.74) is 3.69. The first kappa shape index (κ1) is 23.8. The van der Waals surface area contributed by atoms with Crippen LogP contribution in [0.1, 0.15) is 41.1 Å². The number of benzene rings is 2. The number of aliphatic hydroxyl groups is 1. The average molecular weight is 465 g/mol. The first-order valence-corrected chi connectivity index (χ1v) is 11.6. The van der Waals surface area contributed by atoms with Gasteiger partial charge >= 0.3 is 0 Å². The molecule has 1 aliphatic heterocycles. The lowest BCUT2D eigenvalue weighted by Gasteiger charge is -2.28. The van der Waals surface area contributed by atoms with E-state index in [0.717, 1.165) is 25.7 Å². The molecule has 1 fully saturated rings. The minimum absolute atomic E-state index is 0.0751. The van der Waals surface area contributed by atoms with Crippen LogP contribution in [0.5, 0.6) is 11.5 Å². The molecule has 0 aromatic heterocycles.